The van der Waals surface area contributed by atoms with E-state index in [0.29, 0.717) is 17.8 Å². The molecule has 1 aromatic rings. The SMILES string of the molecule is CO/N=C1\CC[C@H]2[C@@H]3C=Cc4cc(O[Si](C)(C)C)ccc4[C@H]3CC[C@]12C. The number of allylic oxidation sites excluding steroid dienone is 1. The Morgan fingerprint density at radius 2 is 2.00 bits per heavy atom. The fourth-order valence-electron chi connectivity index (χ4n) is 5.54. The molecule has 140 valence electrons. The van der Waals surface area contributed by atoms with Crippen molar-refractivity contribution in [2.75, 3.05) is 7.11 Å². The zero-order valence-corrected chi connectivity index (χ0v) is 17.7. The van der Waals surface area contributed by atoms with Crippen molar-refractivity contribution in [1.82, 2.24) is 0 Å². The Morgan fingerprint density at radius 3 is 2.73 bits per heavy atom. The van der Waals surface area contributed by atoms with Gasteiger partial charge in [0.2, 0.25) is 8.32 Å². The molecule has 3 aliphatic carbocycles. The molecular weight excluding hydrogens is 338 g/mol. The second kappa shape index (κ2) is 6.26. The third kappa shape index (κ3) is 2.92. The number of oxime groups is 1. The molecule has 2 fully saturated rings. The first-order chi connectivity index (χ1) is 12.3. The van der Waals surface area contributed by atoms with Gasteiger partial charge in [-0.05, 0) is 86.3 Å². The summed E-state index contributed by atoms with van der Waals surface area (Å²) < 4.78 is 6.21. The second-order valence-corrected chi connectivity index (χ2v) is 13.8. The van der Waals surface area contributed by atoms with E-state index in [1.54, 1.807) is 7.11 Å². The van der Waals surface area contributed by atoms with E-state index in [1.165, 1.54) is 36.1 Å². The lowest BCUT2D eigenvalue weighted by Gasteiger charge is -2.47. The summed E-state index contributed by atoms with van der Waals surface area (Å²) in [5.74, 6) is 2.96. The van der Waals surface area contributed by atoms with Crippen LogP contribution in [0.3, 0.4) is 0 Å². The third-order valence-corrected chi connectivity index (χ3v) is 7.50. The highest BCUT2D eigenvalue weighted by Crippen LogP contribution is 2.59. The number of hydrogen-bond donors (Lipinski definition) is 0. The monoisotopic (exact) mass is 369 g/mol. The van der Waals surface area contributed by atoms with Gasteiger partial charge < -0.3 is 9.26 Å². The van der Waals surface area contributed by atoms with Gasteiger partial charge >= 0.3 is 0 Å². The van der Waals surface area contributed by atoms with Gasteiger partial charge in [-0.25, -0.2) is 0 Å². The lowest BCUT2D eigenvalue weighted by molar-refractivity contribution is 0.133. The highest BCUT2D eigenvalue weighted by atomic mass is 28.4. The molecule has 0 radical (unpaired) electrons. The van der Waals surface area contributed by atoms with Gasteiger partial charge in [0.1, 0.15) is 12.9 Å². The normalized spacial score (nSPS) is 34.2. The molecule has 0 amide bonds. The minimum Gasteiger partial charge on any atom is -0.544 e. The van der Waals surface area contributed by atoms with Crippen LogP contribution in [0.5, 0.6) is 5.75 Å². The Labute approximate surface area is 158 Å². The Hall–Kier alpha value is -1.55. The smallest absolute Gasteiger partial charge is 0.242 e. The maximum atomic E-state index is 6.21. The summed E-state index contributed by atoms with van der Waals surface area (Å²) in [4.78, 5) is 5.14. The van der Waals surface area contributed by atoms with Gasteiger partial charge in [0.25, 0.3) is 0 Å². The largest absolute Gasteiger partial charge is 0.544 e. The van der Waals surface area contributed by atoms with E-state index >= 15 is 0 Å². The molecule has 1 aromatic carbocycles. The summed E-state index contributed by atoms with van der Waals surface area (Å²) in [5, 5.41) is 4.39. The van der Waals surface area contributed by atoms with Crippen molar-refractivity contribution < 1.29 is 9.26 Å². The van der Waals surface area contributed by atoms with E-state index in [9.17, 15) is 0 Å². The molecule has 0 aromatic heterocycles. The highest BCUT2D eigenvalue weighted by Gasteiger charge is 2.53. The second-order valence-electron chi connectivity index (χ2n) is 9.37. The zero-order valence-electron chi connectivity index (χ0n) is 16.7. The number of benzene rings is 1. The predicted molar refractivity (Wildman–Crippen MR) is 110 cm³/mol. The van der Waals surface area contributed by atoms with Gasteiger partial charge in [0.05, 0.1) is 5.71 Å². The summed E-state index contributed by atoms with van der Waals surface area (Å²) in [7, 11) is 0.103. The van der Waals surface area contributed by atoms with Crippen LogP contribution in [0.25, 0.3) is 6.08 Å². The Kier molecular flexibility index (Phi) is 4.29. The lowest BCUT2D eigenvalue weighted by atomic mass is 9.57. The van der Waals surface area contributed by atoms with Crippen LogP contribution in [0.2, 0.25) is 19.6 Å². The van der Waals surface area contributed by atoms with Gasteiger partial charge in [-0.3, -0.25) is 0 Å². The fraction of sp³-hybridized carbons (Fsp3) is 0.591. The van der Waals surface area contributed by atoms with Gasteiger partial charge in [-0.2, -0.15) is 0 Å². The van der Waals surface area contributed by atoms with Crippen molar-refractivity contribution in [3.8, 4) is 5.75 Å². The van der Waals surface area contributed by atoms with Crippen molar-refractivity contribution in [3.05, 3.63) is 35.4 Å². The number of hydrogen-bond acceptors (Lipinski definition) is 3. The number of fused-ring (bicyclic) bond motifs is 5. The maximum absolute atomic E-state index is 6.21. The van der Waals surface area contributed by atoms with Crippen LogP contribution in [-0.4, -0.2) is 21.1 Å². The first kappa shape index (κ1) is 17.8. The summed E-state index contributed by atoms with van der Waals surface area (Å²) in [6.07, 6.45) is 9.57. The topological polar surface area (TPSA) is 30.8 Å². The van der Waals surface area contributed by atoms with E-state index < -0.39 is 8.32 Å². The van der Waals surface area contributed by atoms with Gasteiger partial charge in [0, 0.05) is 5.41 Å². The minimum atomic E-state index is -1.57. The number of nitrogens with zero attached hydrogens (tertiary/aromatic N) is 1. The van der Waals surface area contributed by atoms with Crippen molar-refractivity contribution in [1.29, 1.82) is 0 Å². The molecule has 0 N–H and O–H groups in total. The summed E-state index contributed by atoms with van der Waals surface area (Å²) in [6, 6.07) is 6.77. The Bertz CT molecular complexity index is 764. The molecule has 0 unspecified atom stereocenters. The van der Waals surface area contributed by atoms with Crippen LogP contribution in [0.15, 0.2) is 29.4 Å². The maximum Gasteiger partial charge on any atom is 0.242 e. The first-order valence-electron chi connectivity index (χ1n) is 9.93. The molecule has 4 rings (SSSR count). The molecule has 4 atom stereocenters. The Balaban J connectivity index is 1.63. The lowest BCUT2D eigenvalue weighted by Crippen LogP contribution is -2.41. The number of rotatable bonds is 3. The van der Waals surface area contributed by atoms with Crippen molar-refractivity contribution in [3.63, 3.8) is 0 Å². The van der Waals surface area contributed by atoms with Gasteiger partial charge in [-0.1, -0.05) is 30.3 Å². The van der Waals surface area contributed by atoms with Crippen LogP contribution in [0.4, 0.5) is 0 Å². The van der Waals surface area contributed by atoms with E-state index in [4.69, 9.17) is 9.26 Å². The summed E-state index contributed by atoms with van der Waals surface area (Å²) in [5.41, 5.74) is 4.36. The van der Waals surface area contributed by atoms with Crippen LogP contribution in [0.1, 0.15) is 49.7 Å². The molecule has 0 spiro atoms. The fourth-order valence-corrected chi connectivity index (χ4v) is 6.38. The third-order valence-electron chi connectivity index (χ3n) is 6.65. The van der Waals surface area contributed by atoms with Crippen LogP contribution < -0.4 is 4.43 Å². The zero-order chi connectivity index (χ0) is 18.5. The quantitative estimate of drug-likeness (QED) is 0.495. The summed E-state index contributed by atoms with van der Waals surface area (Å²) in [6.45, 7) is 9.12. The van der Waals surface area contributed by atoms with E-state index in [0.717, 1.165) is 12.2 Å². The predicted octanol–water partition coefficient (Wildman–Crippen LogP) is 5.84. The minimum absolute atomic E-state index is 0.208. The van der Waals surface area contributed by atoms with Crippen molar-refractivity contribution >= 4 is 20.1 Å². The van der Waals surface area contributed by atoms with Gasteiger partial charge in [0.15, 0.2) is 0 Å². The molecule has 3 aliphatic rings. The Morgan fingerprint density at radius 1 is 1.19 bits per heavy atom. The standard InChI is InChI=1S/C22H31NO2Si/c1-22-13-12-18-17-9-7-16(25-26(3,4)5)14-15(17)6-8-19(18)20(22)10-11-21(22)23-24-2/h6-9,14,18-20H,10-13H2,1-5H3/b23-21+/t18-,19-,20+,22+/m1/s1. The molecule has 3 nitrogen and oxygen atoms in total. The summed E-state index contributed by atoms with van der Waals surface area (Å²) >= 11 is 0. The van der Waals surface area contributed by atoms with Crippen LogP contribution in [-0.2, 0) is 4.84 Å². The molecule has 26 heavy (non-hydrogen) atoms. The van der Waals surface area contributed by atoms with E-state index in [-0.39, 0.29) is 5.41 Å². The average Bonchev–Trinajstić information content (AvgIpc) is 2.90. The average molecular weight is 370 g/mol. The highest BCUT2D eigenvalue weighted by molar-refractivity contribution is 6.70. The molecule has 4 heteroatoms. The first-order valence-corrected chi connectivity index (χ1v) is 13.3. The molecule has 2 saturated carbocycles. The molecular formula is C22H31NO2Si. The van der Waals surface area contributed by atoms with E-state index in [1.807, 2.05) is 0 Å². The molecule has 0 aliphatic heterocycles. The molecule has 0 bridgehead atoms. The van der Waals surface area contributed by atoms with Crippen molar-refractivity contribution in [2.24, 2.45) is 22.4 Å². The van der Waals surface area contributed by atoms with Gasteiger partial charge in [-0.15, -0.1) is 0 Å². The molecule has 0 heterocycles. The van der Waals surface area contributed by atoms with E-state index in [2.05, 4.69) is 62.1 Å². The van der Waals surface area contributed by atoms with Crippen molar-refractivity contribution in [2.45, 2.75) is 58.2 Å². The molecule has 0 saturated heterocycles. The van der Waals surface area contributed by atoms with Crippen LogP contribution in [0, 0.1) is 17.3 Å². The van der Waals surface area contributed by atoms with Crippen LogP contribution >= 0.6 is 0 Å².